The molecule has 3 nitrogen and oxygen atoms in total. The molecule has 2 heterocycles. The zero-order chi connectivity index (χ0) is 11.1. The van der Waals surface area contributed by atoms with Crippen LogP contribution in [0, 0.1) is 11.8 Å². The van der Waals surface area contributed by atoms with Gasteiger partial charge in [-0.15, -0.1) is 0 Å². The molecule has 1 saturated carbocycles. The van der Waals surface area contributed by atoms with Gasteiger partial charge in [-0.05, 0) is 31.6 Å². The first-order valence-electron chi connectivity index (χ1n) is 6.13. The van der Waals surface area contributed by atoms with Crippen LogP contribution in [0.15, 0.2) is 6.20 Å². The highest BCUT2D eigenvalue weighted by Gasteiger charge is 2.36. The van der Waals surface area contributed by atoms with Crippen molar-refractivity contribution in [3.63, 3.8) is 0 Å². The summed E-state index contributed by atoms with van der Waals surface area (Å²) in [5.74, 6) is 1.80. The van der Waals surface area contributed by atoms with Crippen LogP contribution in [0.4, 0.5) is 5.13 Å². The van der Waals surface area contributed by atoms with Gasteiger partial charge in [0.1, 0.15) is 0 Å². The number of thiazole rings is 1. The van der Waals surface area contributed by atoms with Gasteiger partial charge >= 0.3 is 0 Å². The summed E-state index contributed by atoms with van der Waals surface area (Å²) in [6.07, 6.45) is 5.65. The Hall–Kier alpha value is -0.610. The minimum Gasteiger partial charge on any atom is -0.388 e. The zero-order valence-corrected chi connectivity index (χ0v) is 10.4. The molecule has 3 atom stereocenters. The van der Waals surface area contributed by atoms with E-state index in [1.807, 2.05) is 6.20 Å². The predicted molar refractivity (Wildman–Crippen MR) is 65.8 cm³/mol. The van der Waals surface area contributed by atoms with E-state index < -0.39 is 0 Å². The third kappa shape index (κ3) is 1.74. The number of rotatable bonds is 2. The molecule has 3 rings (SSSR count). The average Bonchev–Trinajstić information content (AvgIpc) is 2.91. The van der Waals surface area contributed by atoms with Crippen molar-refractivity contribution in [3.8, 4) is 0 Å². The van der Waals surface area contributed by atoms with E-state index in [1.54, 1.807) is 18.3 Å². The minimum atomic E-state index is -0.381. The van der Waals surface area contributed by atoms with Crippen molar-refractivity contribution >= 4 is 16.5 Å². The predicted octanol–water partition coefficient (Wildman–Crippen LogP) is 2.43. The molecule has 0 aromatic carbocycles. The van der Waals surface area contributed by atoms with Gasteiger partial charge < -0.3 is 10.0 Å². The third-order valence-electron chi connectivity index (χ3n) is 3.92. The van der Waals surface area contributed by atoms with Gasteiger partial charge in [0.25, 0.3) is 0 Å². The molecule has 1 aromatic heterocycles. The first-order valence-corrected chi connectivity index (χ1v) is 6.94. The summed E-state index contributed by atoms with van der Waals surface area (Å²) in [7, 11) is 0. The molecule has 3 unspecified atom stereocenters. The monoisotopic (exact) mass is 238 g/mol. The topological polar surface area (TPSA) is 36.4 Å². The maximum Gasteiger partial charge on any atom is 0.185 e. The molecule has 1 aliphatic carbocycles. The summed E-state index contributed by atoms with van der Waals surface area (Å²) in [6.45, 7) is 4.16. The van der Waals surface area contributed by atoms with Crippen LogP contribution < -0.4 is 4.90 Å². The average molecular weight is 238 g/mol. The Balaban J connectivity index is 1.73. The standard InChI is InChI=1S/C12H18N2OS/c1-8(15)11-5-13-12(16-11)14-6-9-3-2-4-10(9)7-14/h5,8-10,15H,2-4,6-7H2,1H3. The highest BCUT2D eigenvalue weighted by atomic mass is 32.1. The van der Waals surface area contributed by atoms with E-state index in [0.717, 1.165) is 21.8 Å². The third-order valence-corrected chi connectivity index (χ3v) is 5.15. The van der Waals surface area contributed by atoms with Crippen LogP contribution in [0.3, 0.4) is 0 Å². The SMILES string of the molecule is CC(O)c1cnc(N2CC3CCCC3C2)s1. The molecule has 1 saturated heterocycles. The summed E-state index contributed by atoms with van der Waals surface area (Å²) in [5, 5.41) is 10.6. The van der Waals surface area contributed by atoms with Gasteiger partial charge in [0.15, 0.2) is 5.13 Å². The van der Waals surface area contributed by atoms with E-state index in [4.69, 9.17) is 0 Å². The van der Waals surface area contributed by atoms with E-state index in [1.165, 1.54) is 32.4 Å². The molecule has 0 radical (unpaired) electrons. The molecular weight excluding hydrogens is 220 g/mol. The van der Waals surface area contributed by atoms with E-state index >= 15 is 0 Å². The van der Waals surface area contributed by atoms with Gasteiger partial charge in [-0.2, -0.15) is 0 Å². The van der Waals surface area contributed by atoms with E-state index in [2.05, 4.69) is 9.88 Å². The summed E-state index contributed by atoms with van der Waals surface area (Å²) >= 11 is 1.64. The number of aromatic nitrogens is 1. The number of aliphatic hydroxyl groups is 1. The minimum absolute atomic E-state index is 0.381. The number of fused-ring (bicyclic) bond motifs is 1. The van der Waals surface area contributed by atoms with Gasteiger partial charge in [-0.25, -0.2) is 4.98 Å². The zero-order valence-electron chi connectivity index (χ0n) is 9.59. The molecule has 1 N–H and O–H groups in total. The van der Waals surface area contributed by atoms with Crippen LogP contribution in [0.1, 0.15) is 37.2 Å². The quantitative estimate of drug-likeness (QED) is 0.859. The molecule has 0 amide bonds. The molecule has 0 spiro atoms. The van der Waals surface area contributed by atoms with E-state index in [-0.39, 0.29) is 6.10 Å². The molecule has 88 valence electrons. The van der Waals surface area contributed by atoms with Crippen LogP contribution in [-0.2, 0) is 0 Å². The molecule has 4 heteroatoms. The maximum atomic E-state index is 9.49. The highest BCUT2D eigenvalue weighted by molar-refractivity contribution is 7.15. The van der Waals surface area contributed by atoms with Crippen LogP contribution in [0.25, 0.3) is 0 Å². The van der Waals surface area contributed by atoms with E-state index in [0.29, 0.717) is 0 Å². The number of hydrogen-bond acceptors (Lipinski definition) is 4. The van der Waals surface area contributed by atoms with Crippen molar-refractivity contribution < 1.29 is 5.11 Å². The van der Waals surface area contributed by atoms with Gasteiger partial charge in [0.05, 0.1) is 11.0 Å². The molecule has 2 aliphatic rings. The molecule has 1 aliphatic heterocycles. The largest absolute Gasteiger partial charge is 0.388 e. The second-order valence-corrected chi connectivity index (χ2v) is 6.12. The van der Waals surface area contributed by atoms with Gasteiger partial charge in [-0.1, -0.05) is 17.8 Å². The summed E-state index contributed by atoms with van der Waals surface area (Å²) in [6, 6.07) is 0. The Kier molecular flexibility index (Phi) is 2.64. The highest BCUT2D eigenvalue weighted by Crippen LogP contribution is 2.40. The molecule has 16 heavy (non-hydrogen) atoms. The fraction of sp³-hybridized carbons (Fsp3) is 0.750. The second kappa shape index (κ2) is 4.00. The Morgan fingerprint density at radius 2 is 2.12 bits per heavy atom. The van der Waals surface area contributed by atoms with Crippen LogP contribution >= 0.6 is 11.3 Å². The van der Waals surface area contributed by atoms with Crippen molar-refractivity contribution in [2.24, 2.45) is 11.8 Å². The fourth-order valence-corrected chi connectivity index (χ4v) is 3.88. The van der Waals surface area contributed by atoms with Gasteiger partial charge in [0.2, 0.25) is 0 Å². The van der Waals surface area contributed by atoms with Crippen molar-refractivity contribution in [3.05, 3.63) is 11.1 Å². The van der Waals surface area contributed by atoms with Crippen molar-refractivity contribution in [2.45, 2.75) is 32.3 Å². The van der Waals surface area contributed by atoms with Crippen LogP contribution in [0.5, 0.6) is 0 Å². The Labute approximate surface area is 100 Å². The van der Waals surface area contributed by atoms with Crippen LogP contribution in [0.2, 0.25) is 0 Å². The Bertz CT molecular complexity index is 365. The smallest absolute Gasteiger partial charge is 0.185 e. The normalized spacial score (nSPS) is 30.8. The Morgan fingerprint density at radius 1 is 1.44 bits per heavy atom. The lowest BCUT2D eigenvalue weighted by Crippen LogP contribution is -2.20. The number of nitrogens with zero attached hydrogens (tertiary/aromatic N) is 2. The lowest BCUT2D eigenvalue weighted by Gasteiger charge is -2.15. The number of anilines is 1. The summed E-state index contributed by atoms with van der Waals surface area (Å²) in [4.78, 5) is 7.82. The summed E-state index contributed by atoms with van der Waals surface area (Å²) in [5.41, 5.74) is 0. The summed E-state index contributed by atoms with van der Waals surface area (Å²) < 4.78 is 0. The van der Waals surface area contributed by atoms with Crippen molar-refractivity contribution in [1.82, 2.24) is 4.98 Å². The molecular formula is C12H18N2OS. The van der Waals surface area contributed by atoms with Gasteiger partial charge in [-0.3, -0.25) is 0 Å². The Morgan fingerprint density at radius 3 is 2.69 bits per heavy atom. The van der Waals surface area contributed by atoms with Crippen molar-refractivity contribution in [2.75, 3.05) is 18.0 Å². The lowest BCUT2D eigenvalue weighted by molar-refractivity contribution is 0.203. The maximum absolute atomic E-state index is 9.49. The molecule has 0 bridgehead atoms. The lowest BCUT2D eigenvalue weighted by atomic mass is 10.0. The van der Waals surface area contributed by atoms with Crippen molar-refractivity contribution in [1.29, 1.82) is 0 Å². The number of aliphatic hydroxyl groups excluding tert-OH is 1. The molecule has 1 aromatic rings. The number of hydrogen-bond donors (Lipinski definition) is 1. The van der Waals surface area contributed by atoms with Crippen LogP contribution in [-0.4, -0.2) is 23.2 Å². The second-order valence-electron chi connectivity index (χ2n) is 5.08. The first kappa shape index (κ1) is 10.5. The van der Waals surface area contributed by atoms with Gasteiger partial charge in [0, 0.05) is 19.3 Å². The fourth-order valence-electron chi connectivity index (χ4n) is 3.01. The first-order chi connectivity index (χ1) is 7.74. The van der Waals surface area contributed by atoms with E-state index in [9.17, 15) is 5.11 Å². The molecule has 2 fully saturated rings.